The van der Waals surface area contributed by atoms with Gasteiger partial charge in [0.25, 0.3) is 0 Å². The Kier molecular flexibility index (Phi) is 3.92. The van der Waals surface area contributed by atoms with Crippen LogP contribution in [0.4, 0.5) is 0 Å². The molecule has 0 aliphatic heterocycles. The number of carboxylic acids is 1. The zero-order valence-corrected chi connectivity index (χ0v) is 10.6. The highest BCUT2D eigenvalue weighted by molar-refractivity contribution is 6.10. The molecule has 0 bridgehead atoms. The molecule has 0 amide bonds. The second-order valence-corrected chi connectivity index (χ2v) is 4.29. The smallest absolute Gasteiger partial charge is 0.329 e. The lowest BCUT2D eigenvalue weighted by Crippen LogP contribution is -2.15. The minimum atomic E-state index is -1.08. The number of carbonyl (C=O) groups excluding carboxylic acids is 1. The fraction of sp³-hybridized carbons (Fsp3) is 0.200. The Morgan fingerprint density at radius 1 is 1.11 bits per heavy atom. The molecule has 0 fully saturated rings. The summed E-state index contributed by atoms with van der Waals surface area (Å²) in [5.41, 5.74) is 1.46. The number of rotatable bonds is 5. The molecule has 4 nitrogen and oxygen atoms in total. The van der Waals surface area contributed by atoms with Gasteiger partial charge in [-0.3, -0.25) is 4.79 Å². The highest BCUT2D eigenvalue weighted by Gasteiger charge is 2.13. The van der Waals surface area contributed by atoms with Crippen molar-refractivity contribution in [2.75, 3.05) is 13.2 Å². The monoisotopic (exact) mass is 258 g/mol. The third-order valence-electron chi connectivity index (χ3n) is 2.87. The molecule has 0 saturated carbocycles. The minimum Gasteiger partial charge on any atom is -0.480 e. The van der Waals surface area contributed by atoms with E-state index in [1.54, 1.807) is 0 Å². The van der Waals surface area contributed by atoms with Crippen LogP contribution in [-0.4, -0.2) is 30.1 Å². The molecular formula is C15H14O4. The fourth-order valence-electron chi connectivity index (χ4n) is 2.05. The summed E-state index contributed by atoms with van der Waals surface area (Å²) < 4.78 is 4.87. The minimum absolute atomic E-state index is 0.199. The van der Waals surface area contributed by atoms with Gasteiger partial charge in [-0.15, -0.1) is 0 Å². The first-order valence-electron chi connectivity index (χ1n) is 5.90. The average molecular weight is 258 g/mol. The molecule has 0 unspecified atom stereocenters. The van der Waals surface area contributed by atoms with Gasteiger partial charge in [-0.25, -0.2) is 4.79 Å². The quantitative estimate of drug-likeness (QED) is 0.836. The number of carbonyl (C=O) groups is 2. The Labute approximate surface area is 110 Å². The Balaban J connectivity index is 2.30. The molecule has 0 aromatic heterocycles. The molecule has 1 N–H and O–H groups in total. The lowest BCUT2D eigenvalue weighted by molar-refractivity contribution is -0.141. The molecule has 98 valence electrons. The summed E-state index contributed by atoms with van der Waals surface area (Å²) in [7, 11) is 0. The van der Waals surface area contributed by atoms with Gasteiger partial charge in [0.1, 0.15) is 13.2 Å². The topological polar surface area (TPSA) is 63.6 Å². The number of ketones is 1. The fourth-order valence-corrected chi connectivity index (χ4v) is 2.05. The number of fused-ring (bicyclic) bond motifs is 1. The van der Waals surface area contributed by atoms with E-state index >= 15 is 0 Å². The number of ether oxygens (including phenoxy) is 1. The number of hydrogen-bond acceptors (Lipinski definition) is 3. The zero-order valence-electron chi connectivity index (χ0n) is 10.6. The van der Waals surface area contributed by atoms with E-state index in [4.69, 9.17) is 9.84 Å². The van der Waals surface area contributed by atoms with Crippen LogP contribution in [0.25, 0.3) is 10.8 Å². The third kappa shape index (κ3) is 2.98. The van der Waals surface area contributed by atoms with Crippen molar-refractivity contribution in [3.8, 4) is 0 Å². The molecule has 19 heavy (non-hydrogen) atoms. The van der Waals surface area contributed by atoms with Gasteiger partial charge in [0.05, 0.1) is 0 Å². The number of benzene rings is 2. The van der Waals surface area contributed by atoms with Crippen LogP contribution in [0.15, 0.2) is 36.4 Å². The van der Waals surface area contributed by atoms with Crippen LogP contribution in [0.1, 0.15) is 15.9 Å². The molecule has 0 aliphatic carbocycles. The molecule has 0 heterocycles. The highest BCUT2D eigenvalue weighted by atomic mass is 16.5. The SMILES string of the molecule is Cc1ccc2ccccc2c1C(=O)COCC(=O)O. The molecule has 0 atom stereocenters. The van der Waals surface area contributed by atoms with E-state index in [-0.39, 0.29) is 12.4 Å². The first-order valence-corrected chi connectivity index (χ1v) is 5.90. The van der Waals surface area contributed by atoms with Gasteiger partial charge in [0.15, 0.2) is 5.78 Å². The Hall–Kier alpha value is -2.20. The number of carboxylic acid groups (broad SMARTS) is 1. The van der Waals surface area contributed by atoms with Gasteiger partial charge in [-0.1, -0.05) is 36.4 Å². The Morgan fingerprint density at radius 2 is 1.84 bits per heavy atom. The van der Waals surface area contributed by atoms with Crippen LogP contribution in [0, 0.1) is 6.92 Å². The second-order valence-electron chi connectivity index (χ2n) is 4.29. The summed E-state index contributed by atoms with van der Waals surface area (Å²) in [6, 6.07) is 11.4. The summed E-state index contributed by atoms with van der Waals surface area (Å²) >= 11 is 0. The summed E-state index contributed by atoms with van der Waals surface area (Å²) in [6.07, 6.45) is 0. The molecule has 2 aromatic rings. The van der Waals surface area contributed by atoms with E-state index < -0.39 is 12.6 Å². The molecule has 4 heteroatoms. The molecular weight excluding hydrogens is 244 g/mol. The van der Waals surface area contributed by atoms with Crippen LogP contribution in [-0.2, 0) is 9.53 Å². The van der Waals surface area contributed by atoms with Crippen molar-refractivity contribution >= 4 is 22.5 Å². The first-order chi connectivity index (χ1) is 9.09. The first kappa shape index (κ1) is 13.2. The van der Waals surface area contributed by atoms with Gasteiger partial charge in [0, 0.05) is 5.56 Å². The third-order valence-corrected chi connectivity index (χ3v) is 2.87. The van der Waals surface area contributed by atoms with Crippen molar-refractivity contribution in [3.63, 3.8) is 0 Å². The maximum Gasteiger partial charge on any atom is 0.329 e. The number of Topliss-reactive ketones (excluding diaryl/α,β-unsaturated/α-hetero) is 1. The van der Waals surface area contributed by atoms with E-state index in [0.29, 0.717) is 5.56 Å². The lowest BCUT2D eigenvalue weighted by Gasteiger charge is -2.09. The molecule has 0 saturated heterocycles. The lowest BCUT2D eigenvalue weighted by atomic mass is 9.97. The van der Waals surface area contributed by atoms with Crippen LogP contribution in [0.2, 0.25) is 0 Å². The van der Waals surface area contributed by atoms with Crippen molar-refractivity contribution in [1.82, 2.24) is 0 Å². The van der Waals surface area contributed by atoms with Crippen molar-refractivity contribution in [1.29, 1.82) is 0 Å². The summed E-state index contributed by atoms with van der Waals surface area (Å²) in [6.45, 7) is 1.17. The molecule has 2 rings (SSSR count). The summed E-state index contributed by atoms with van der Waals surface area (Å²) in [4.78, 5) is 22.5. The number of aliphatic carboxylic acids is 1. The Bertz CT molecular complexity index is 631. The van der Waals surface area contributed by atoms with Crippen LogP contribution < -0.4 is 0 Å². The second kappa shape index (κ2) is 5.63. The van der Waals surface area contributed by atoms with Crippen molar-refractivity contribution in [2.24, 2.45) is 0 Å². The van der Waals surface area contributed by atoms with E-state index in [2.05, 4.69) is 0 Å². The molecule has 0 radical (unpaired) electrons. The summed E-state index contributed by atoms with van der Waals surface area (Å²) in [5.74, 6) is -1.28. The van der Waals surface area contributed by atoms with Crippen molar-refractivity contribution < 1.29 is 19.4 Å². The van der Waals surface area contributed by atoms with Crippen molar-refractivity contribution in [3.05, 3.63) is 47.5 Å². The zero-order chi connectivity index (χ0) is 13.8. The van der Waals surface area contributed by atoms with Crippen LogP contribution in [0.3, 0.4) is 0 Å². The molecule has 2 aromatic carbocycles. The van der Waals surface area contributed by atoms with Gasteiger partial charge in [-0.05, 0) is 23.3 Å². The van der Waals surface area contributed by atoms with Gasteiger partial charge in [0.2, 0.25) is 0 Å². The standard InChI is InChI=1S/C15H14O4/c1-10-6-7-11-4-2-3-5-12(11)15(10)13(16)8-19-9-14(17)18/h2-7H,8-9H2,1H3,(H,17,18). The van der Waals surface area contributed by atoms with Gasteiger partial charge in [-0.2, -0.15) is 0 Å². The largest absolute Gasteiger partial charge is 0.480 e. The van der Waals surface area contributed by atoms with E-state index in [1.807, 2.05) is 43.3 Å². The predicted octanol–water partition coefficient (Wildman–Crippen LogP) is 2.43. The Morgan fingerprint density at radius 3 is 2.58 bits per heavy atom. The maximum atomic E-state index is 12.1. The van der Waals surface area contributed by atoms with Crippen molar-refractivity contribution in [2.45, 2.75) is 6.92 Å². The number of aryl methyl sites for hydroxylation is 1. The predicted molar refractivity (Wildman–Crippen MR) is 71.5 cm³/mol. The maximum absolute atomic E-state index is 12.1. The van der Waals surface area contributed by atoms with E-state index in [0.717, 1.165) is 16.3 Å². The summed E-state index contributed by atoms with van der Waals surface area (Å²) in [5, 5.41) is 10.3. The normalized spacial score (nSPS) is 10.6. The number of hydrogen-bond donors (Lipinski definition) is 1. The van der Waals surface area contributed by atoms with Crippen LogP contribution in [0.5, 0.6) is 0 Å². The molecule has 0 spiro atoms. The van der Waals surface area contributed by atoms with E-state index in [1.165, 1.54) is 0 Å². The highest BCUT2D eigenvalue weighted by Crippen LogP contribution is 2.22. The van der Waals surface area contributed by atoms with Gasteiger partial charge >= 0.3 is 5.97 Å². The molecule has 0 aliphatic rings. The van der Waals surface area contributed by atoms with Crippen LogP contribution >= 0.6 is 0 Å². The average Bonchev–Trinajstić information content (AvgIpc) is 2.38. The van der Waals surface area contributed by atoms with E-state index in [9.17, 15) is 9.59 Å². The van der Waals surface area contributed by atoms with Gasteiger partial charge < -0.3 is 9.84 Å².